The van der Waals surface area contributed by atoms with Gasteiger partial charge in [-0.2, -0.15) is 0 Å². The lowest BCUT2D eigenvalue weighted by molar-refractivity contribution is 0.254. The molecule has 0 aliphatic heterocycles. The number of carbonyl (C=O) groups is 1. The van der Waals surface area contributed by atoms with Crippen molar-refractivity contribution in [2.45, 2.75) is 20.3 Å². The minimum absolute atomic E-state index is 0.464. The van der Waals surface area contributed by atoms with E-state index < -0.39 is 6.03 Å². The Morgan fingerprint density at radius 2 is 2.30 bits per heavy atom. The normalized spacial score (nSPS) is 9.90. The maximum atomic E-state index is 10.1. The molecule has 4 heteroatoms. The van der Waals surface area contributed by atoms with Gasteiger partial charge in [-0.3, -0.25) is 4.72 Å². The maximum absolute atomic E-state index is 10.1. The van der Waals surface area contributed by atoms with Crippen LogP contribution in [0.2, 0.25) is 0 Å². The van der Waals surface area contributed by atoms with Crippen LogP contribution in [-0.2, 0) is 0 Å². The largest absolute Gasteiger partial charge is 0.351 e. The first-order valence-corrected chi connectivity index (χ1v) is 4.28. The fraction of sp³-hybridized carbons (Fsp3) is 0.833. The Morgan fingerprint density at radius 1 is 1.70 bits per heavy atom. The standard InChI is InChI=1S/C6H14N2OS/c1-5(2)3-4-10-8-6(7)9/h5H,3-4H2,1-2H3,(H3,7,8,9). The molecule has 0 atom stereocenters. The number of hydrogen-bond acceptors (Lipinski definition) is 2. The van der Waals surface area contributed by atoms with Crippen LogP contribution in [0.25, 0.3) is 0 Å². The summed E-state index contributed by atoms with van der Waals surface area (Å²) in [5.41, 5.74) is 4.84. The van der Waals surface area contributed by atoms with Gasteiger partial charge in [-0.1, -0.05) is 13.8 Å². The molecular weight excluding hydrogens is 148 g/mol. The molecule has 0 aliphatic carbocycles. The second-order valence-electron chi connectivity index (χ2n) is 2.50. The van der Waals surface area contributed by atoms with Gasteiger partial charge in [0.15, 0.2) is 0 Å². The SMILES string of the molecule is CC(C)CCSNC(N)=O. The fourth-order valence-electron chi connectivity index (χ4n) is 0.417. The van der Waals surface area contributed by atoms with Gasteiger partial charge in [0, 0.05) is 5.75 Å². The third-order valence-electron chi connectivity index (χ3n) is 0.970. The third kappa shape index (κ3) is 7.62. The second kappa shape index (κ2) is 5.41. The molecule has 0 radical (unpaired) electrons. The zero-order chi connectivity index (χ0) is 7.98. The van der Waals surface area contributed by atoms with Crippen molar-refractivity contribution in [3.05, 3.63) is 0 Å². The predicted molar refractivity (Wildman–Crippen MR) is 44.6 cm³/mol. The van der Waals surface area contributed by atoms with Gasteiger partial charge < -0.3 is 5.73 Å². The Hall–Kier alpha value is -0.380. The summed E-state index contributed by atoms with van der Waals surface area (Å²) in [4.78, 5) is 10.1. The Balaban J connectivity index is 2.98. The zero-order valence-electron chi connectivity index (χ0n) is 6.39. The van der Waals surface area contributed by atoms with Gasteiger partial charge in [-0.05, 0) is 24.3 Å². The lowest BCUT2D eigenvalue weighted by atomic mass is 10.2. The molecular formula is C6H14N2OS. The van der Waals surface area contributed by atoms with Crippen LogP contribution in [0.1, 0.15) is 20.3 Å². The molecule has 0 aromatic heterocycles. The predicted octanol–water partition coefficient (Wildman–Crippen LogP) is 1.35. The number of rotatable bonds is 4. The summed E-state index contributed by atoms with van der Waals surface area (Å²) in [6.45, 7) is 4.29. The molecule has 0 aliphatic rings. The topological polar surface area (TPSA) is 55.1 Å². The number of primary amides is 1. The van der Waals surface area contributed by atoms with E-state index in [9.17, 15) is 4.79 Å². The number of urea groups is 1. The molecule has 0 saturated carbocycles. The molecule has 0 spiro atoms. The zero-order valence-corrected chi connectivity index (χ0v) is 7.20. The van der Waals surface area contributed by atoms with Crippen LogP contribution in [0.4, 0.5) is 4.79 Å². The van der Waals surface area contributed by atoms with Crippen LogP contribution >= 0.6 is 11.9 Å². The number of carbonyl (C=O) groups excluding carboxylic acids is 1. The van der Waals surface area contributed by atoms with Crippen LogP contribution in [-0.4, -0.2) is 11.8 Å². The molecule has 10 heavy (non-hydrogen) atoms. The number of hydrogen-bond donors (Lipinski definition) is 2. The van der Waals surface area contributed by atoms with E-state index in [1.807, 2.05) is 0 Å². The molecule has 0 heterocycles. The van der Waals surface area contributed by atoms with E-state index in [1.54, 1.807) is 0 Å². The molecule has 0 aromatic rings. The highest BCUT2D eigenvalue weighted by Gasteiger charge is 1.94. The van der Waals surface area contributed by atoms with Crippen molar-refractivity contribution in [3.63, 3.8) is 0 Å². The average Bonchev–Trinajstić information content (AvgIpc) is 1.79. The van der Waals surface area contributed by atoms with E-state index in [4.69, 9.17) is 5.73 Å². The number of nitrogens with one attached hydrogen (secondary N) is 1. The van der Waals surface area contributed by atoms with Crippen molar-refractivity contribution in [3.8, 4) is 0 Å². The van der Waals surface area contributed by atoms with Gasteiger partial charge >= 0.3 is 6.03 Å². The molecule has 3 N–H and O–H groups in total. The first-order chi connectivity index (χ1) is 4.63. The third-order valence-corrected chi connectivity index (χ3v) is 1.76. The molecule has 60 valence electrons. The maximum Gasteiger partial charge on any atom is 0.322 e. The molecule has 0 rings (SSSR count). The summed E-state index contributed by atoms with van der Waals surface area (Å²) >= 11 is 1.37. The Bertz CT molecular complexity index is 106. The van der Waals surface area contributed by atoms with E-state index in [0.29, 0.717) is 5.92 Å². The van der Waals surface area contributed by atoms with E-state index >= 15 is 0 Å². The molecule has 0 saturated heterocycles. The summed E-state index contributed by atoms with van der Waals surface area (Å²) in [5, 5.41) is 0. The minimum atomic E-state index is -0.464. The van der Waals surface area contributed by atoms with Crippen molar-refractivity contribution in [2.75, 3.05) is 5.75 Å². The van der Waals surface area contributed by atoms with E-state index in [2.05, 4.69) is 18.6 Å². The van der Waals surface area contributed by atoms with Crippen molar-refractivity contribution >= 4 is 18.0 Å². The summed E-state index contributed by atoms with van der Waals surface area (Å²) in [7, 11) is 0. The number of nitrogens with two attached hydrogens (primary N) is 1. The van der Waals surface area contributed by atoms with Crippen LogP contribution in [0, 0.1) is 5.92 Å². The highest BCUT2D eigenvalue weighted by Crippen LogP contribution is 2.04. The van der Waals surface area contributed by atoms with Crippen molar-refractivity contribution in [1.29, 1.82) is 0 Å². The second-order valence-corrected chi connectivity index (χ2v) is 3.40. The quantitative estimate of drug-likeness (QED) is 0.484. The summed E-state index contributed by atoms with van der Waals surface area (Å²) in [6, 6.07) is -0.464. The minimum Gasteiger partial charge on any atom is -0.351 e. The van der Waals surface area contributed by atoms with E-state index in [1.165, 1.54) is 11.9 Å². The first-order valence-electron chi connectivity index (χ1n) is 3.30. The van der Waals surface area contributed by atoms with Gasteiger partial charge in [-0.15, -0.1) is 0 Å². The smallest absolute Gasteiger partial charge is 0.322 e. The summed E-state index contributed by atoms with van der Waals surface area (Å²) in [5.74, 6) is 1.61. The van der Waals surface area contributed by atoms with Gasteiger partial charge in [0.25, 0.3) is 0 Å². The van der Waals surface area contributed by atoms with Gasteiger partial charge in [-0.25, -0.2) is 4.79 Å². The van der Waals surface area contributed by atoms with Crippen molar-refractivity contribution in [1.82, 2.24) is 4.72 Å². The molecule has 0 fully saturated rings. The highest BCUT2D eigenvalue weighted by molar-refractivity contribution is 7.97. The average molecular weight is 162 g/mol. The van der Waals surface area contributed by atoms with Gasteiger partial charge in [0.1, 0.15) is 0 Å². The van der Waals surface area contributed by atoms with Crippen LogP contribution in [0.15, 0.2) is 0 Å². The Labute approximate surface area is 65.9 Å². The lowest BCUT2D eigenvalue weighted by Gasteiger charge is -2.02. The van der Waals surface area contributed by atoms with Crippen molar-refractivity contribution < 1.29 is 4.79 Å². The van der Waals surface area contributed by atoms with E-state index in [0.717, 1.165) is 12.2 Å². The summed E-state index contributed by atoms with van der Waals surface area (Å²) in [6.07, 6.45) is 1.10. The van der Waals surface area contributed by atoms with Crippen LogP contribution < -0.4 is 10.5 Å². The molecule has 0 bridgehead atoms. The van der Waals surface area contributed by atoms with Crippen LogP contribution in [0.5, 0.6) is 0 Å². The van der Waals surface area contributed by atoms with Gasteiger partial charge in [0.05, 0.1) is 0 Å². The van der Waals surface area contributed by atoms with Gasteiger partial charge in [0.2, 0.25) is 0 Å². The lowest BCUT2D eigenvalue weighted by Crippen LogP contribution is -2.23. The van der Waals surface area contributed by atoms with Crippen molar-refractivity contribution in [2.24, 2.45) is 11.7 Å². The fourth-order valence-corrected chi connectivity index (χ4v) is 1.25. The molecule has 0 aromatic carbocycles. The monoisotopic (exact) mass is 162 g/mol. The molecule has 3 nitrogen and oxygen atoms in total. The first kappa shape index (κ1) is 9.62. The highest BCUT2D eigenvalue weighted by atomic mass is 32.2. The molecule has 0 unspecified atom stereocenters. The Kier molecular flexibility index (Phi) is 5.20. The van der Waals surface area contributed by atoms with Crippen LogP contribution in [0.3, 0.4) is 0 Å². The summed E-state index contributed by atoms with van der Waals surface area (Å²) < 4.78 is 2.46. The number of amides is 2. The van der Waals surface area contributed by atoms with E-state index in [-0.39, 0.29) is 0 Å². The molecule has 2 amide bonds. The Morgan fingerprint density at radius 3 is 2.70 bits per heavy atom.